The van der Waals surface area contributed by atoms with E-state index < -0.39 is 5.82 Å². The van der Waals surface area contributed by atoms with E-state index in [-0.39, 0.29) is 5.56 Å². The standard InChI is InChI=1S/C13H16FNOS/c1-2-4-10(9-17)8-16-13-6-3-5-12(14)11(13)7-15/h3,5-6,10,17H,2,4,8-9H2,1H3. The summed E-state index contributed by atoms with van der Waals surface area (Å²) in [6.07, 6.45) is 2.07. The summed E-state index contributed by atoms with van der Waals surface area (Å²) in [4.78, 5) is 0. The average Bonchev–Trinajstić information content (AvgIpc) is 2.34. The first kappa shape index (κ1) is 13.9. The van der Waals surface area contributed by atoms with Gasteiger partial charge in [-0.25, -0.2) is 4.39 Å². The van der Waals surface area contributed by atoms with E-state index in [9.17, 15) is 4.39 Å². The largest absolute Gasteiger partial charge is 0.492 e. The van der Waals surface area contributed by atoms with E-state index in [0.717, 1.165) is 18.6 Å². The van der Waals surface area contributed by atoms with Crippen molar-refractivity contribution >= 4 is 12.6 Å². The second-order valence-corrected chi connectivity index (χ2v) is 4.24. The molecule has 0 fully saturated rings. The molecule has 4 heteroatoms. The summed E-state index contributed by atoms with van der Waals surface area (Å²) in [6, 6.07) is 6.23. The summed E-state index contributed by atoms with van der Waals surface area (Å²) >= 11 is 4.25. The maximum absolute atomic E-state index is 13.3. The van der Waals surface area contributed by atoms with Gasteiger partial charge in [0.15, 0.2) is 0 Å². The molecule has 0 N–H and O–H groups in total. The van der Waals surface area contributed by atoms with Gasteiger partial charge in [-0.15, -0.1) is 0 Å². The van der Waals surface area contributed by atoms with Gasteiger partial charge in [0.05, 0.1) is 6.61 Å². The van der Waals surface area contributed by atoms with Gasteiger partial charge >= 0.3 is 0 Å². The van der Waals surface area contributed by atoms with Crippen molar-refractivity contribution in [1.29, 1.82) is 5.26 Å². The zero-order valence-electron chi connectivity index (χ0n) is 9.82. The van der Waals surface area contributed by atoms with E-state index in [1.807, 2.05) is 6.07 Å². The van der Waals surface area contributed by atoms with Gasteiger partial charge in [0.25, 0.3) is 0 Å². The monoisotopic (exact) mass is 253 g/mol. The summed E-state index contributed by atoms with van der Waals surface area (Å²) in [5, 5.41) is 8.84. The van der Waals surface area contributed by atoms with Crippen LogP contribution >= 0.6 is 12.6 Å². The number of hydrogen-bond donors (Lipinski definition) is 1. The minimum Gasteiger partial charge on any atom is -0.492 e. The van der Waals surface area contributed by atoms with Crippen LogP contribution < -0.4 is 4.74 Å². The molecule has 1 rings (SSSR count). The molecule has 1 unspecified atom stereocenters. The van der Waals surface area contributed by atoms with E-state index in [1.54, 1.807) is 12.1 Å². The quantitative estimate of drug-likeness (QED) is 0.788. The predicted molar refractivity (Wildman–Crippen MR) is 68.9 cm³/mol. The molecule has 0 saturated heterocycles. The molecule has 2 nitrogen and oxygen atoms in total. The van der Waals surface area contributed by atoms with E-state index >= 15 is 0 Å². The Kier molecular flexibility index (Phi) is 5.85. The average molecular weight is 253 g/mol. The van der Waals surface area contributed by atoms with E-state index in [1.165, 1.54) is 6.07 Å². The van der Waals surface area contributed by atoms with Gasteiger partial charge in [0.1, 0.15) is 23.2 Å². The second-order valence-electron chi connectivity index (χ2n) is 3.87. The molecular formula is C13H16FNOS. The Bertz CT molecular complexity index is 403. The number of thiol groups is 1. The number of nitriles is 1. The lowest BCUT2D eigenvalue weighted by Crippen LogP contribution is -2.14. The lowest BCUT2D eigenvalue weighted by Gasteiger charge is -2.15. The summed E-state index contributed by atoms with van der Waals surface area (Å²) in [5.41, 5.74) is -0.0260. The molecule has 0 saturated carbocycles. The highest BCUT2D eigenvalue weighted by Gasteiger charge is 2.11. The molecule has 0 aromatic heterocycles. The third-order valence-corrected chi connectivity index (χ3v) is 3.03. The fourth-order valence-corrected chi connectivity index (χ4v) is 1.86. The molecule has 0 bridgehead atoms. The number of benzene rings is 1. The maximum Gasteiger partial charge on any atom is 0.144 e. The van der Waals surface area contributed by atoms with Crippen molar-refractivity contribution in [2.75, 3.05) is 12.4 Å². The number of nitrogens with zero attached hydrogens (tertiary/aromatic N) is 1. The molecule has 0 aliphatic rings. The van der Waals surface area contributed by atoms with Gasteiger partial charge in [-0.2, -0.15) is 17.9 Å². The van der Waals surface area contributed by atoms with Crippen LogP contribution in [0.4, 0.5) is 4.39 Å². The van der Waals surface area contributed by atoms with Crippen molar-refractivity contribution < 1.29 is 9.13 Å². The van der Waals surface area contributed by atoms with Crippen molar-refractivity contribution in [2.45, 2.75) is 19.8 Å². The molecular weight excluding hydrogens is 237 g/mol. The van der Waals surface area contributed by atoms with Crippen molar-refractivity contribution in [3.05, 3.63) is 29.6 Å². The predicted octanol–water partition coefficient (Wildman–Crippen LogP) is 3.42. The SMILES string of the molecule is CCCC(CS)COc1cccc(F)c1C#N. The highest BCUT2D eigenvalue weighted by Crippen LogP contribution is 2.21. The van der Waals surface area contributed by atoms with Crippen molar-refractivity contribution in [1.82, 2.24) is 0 Å². The van der Waals surface area contributed by atoms with Gasteiger partial charge in [0.2, 0.25) is 0 Å². The Morgan fingerprint density at radius 1 is 1.53 bits per heavy atom. The molecule has 0 aliphatic heterocycles. The molecule has 0 heterocycles. The van der Waals surface area contributed by atoms with Crippen LogP contribution in [0, 0.1) is 23.1 Å². The van der Waals surface area contributed by atoms with E-state index in [4.69, 9.17) is 10.00 Å². The highest BCUT2D eigenvalue weighted by atomic mass is 32.1. The Balaban J connectivity index is 2.69. The lowest BCUT2D eigenvalue weighted by molar-refractivity contribution is 0.253. The first-order valence-electron chi connectivity index (χ1n) is 5.65. The van der Waals surface area contributed by atoms with Crippen LogP contribution in [0.1, 0.15) is 25.3 Å². The molecule has 17 heavy (non-hydrogen) atoms. The molecule has 1 atom stereocenters. The minimum atomic E-state index is -0.539. The van der Waals surface area contributed by atoms with Crippen LogP contribution in [0.2, 0.25) is 0 Å². The smallest absolute Gasteiger partial charge is 0.144 e. The first-order valence-corrected chi connectivity index (χ1v) is 6.28. The fourth-order valence-electron chi connectivity index (χ4n) is 1.58. The molecule has 0 spiro atoms. The Labute approximate surface area is 107 Å². The fraction of sp³-hybridized carbons (Fsp3) is 0.462. The highest BCUT2D eigenvalue weighted by molar-refractivity contribution is 7.80. The zero-order valence-corrected chi connectivity index (χ0v) is 10.7. The minimum absolute atomic E-state index is 0.0260. The molecule has 0 radical (unpaired) electrons. The number of halogens is 1. The molecule has 92 valence electrons. The first-order chi connectivity index (χ1) is 8.22. The van der Waals surface area contributed by atoms with Crippen LogP contribution in [0.3, 0.4) is 0 Å². The summed E-state index contributed by atoms with van der Waals surface area (Å²) in [6.45, 7) is 2.56. The maximum atomic E-state index is 13.3. The van der Waals surface area contributed by atoms with E-state index in [0.29, 0.717) is 18.3 Å². The third kappa shape index (κ3) is 3.94. The zero-order chi connectivity index (χ0) is 12.7. The van der Waals surface area contributed by atoms with Crippen LogP contribution in [-0.2, 0) is 0 Å². The van der Waals surface area contributed by atoms with Crippen LogP contribution in [0.15, 0.2) is 18.2 Å². The van der Waals surface area contributed by atoms with Crippen molar-refractivity contribution in [2.24, 2.45) is 5.92 Å². The normalized spacial score (nSPS) is 11.9. The van der Waals surface area contributed by atoms with Crippen LogP contribution in [-0.4, -0.2) is 12.4 Å². The molecule has 1 aromatic carbocycles. The number of hydrogen-bond acceptors (Lipinski definition) is 3. The van der Waals surface area contributed by atoms with Crippen molar-refractivity contribution in [3.63, 3.8) is 0 Å². The van der Waals surface area contributed by atoms with Crippen LogP contribution in [0.5, 0.6) is 5.75 Å². The van der Waals surface area contributed by atoms with Gasteiger partial charge in [-0.1, -0.05) is 19.4 Å². The van der Waals surface area contributed by atoms with Gasteiger partial charge in [0, 0.05) is 5.92 Å². The Hall–Kier alpha value is -1.21. The van der Waals surface area contributed by atoms with Gasteiger partial charge in [-0.3, -0.25) is 0 Å². The van der Waals surface area contributed by atoms with Gasteiger partial charge in [-0.05, 0) is 24.3 Å². The molecule has 0 aliphatic carbocycles. The molecule has 0 amide bonds. The van der Waals surface area contributed by atoms with E-state index in [2.05, 4.69) is 19.6 Å². The van der Waals surface area contributed by atoms with Gasteiger partial charge < -0.3 is 4.74 Å². The number of rotatable bonds is 6. The second kappa shape index (κ2) is 7.18. The Morgan fingerprint density at radius 3 is 2.88 bits per heavy atom. The summed E-state index contributed by atoms with van der Waals surface area (Å²) in [5.74, 6) is 0.835. The number of ether oxygens (including phenoxy) is 1. The third-order valence-electron chi connectivity index (χ3n) is 2.52. The molecule has 1 aromatic rings. The lowest BCUT2D eigenvalue weighted by atomic mass is 10.1. The summed E-state index contributed by atoms with van der Waals surface area (Å²) in [7, 11) is 0. The van der Waals surface area contributed by atoms with Crippen LogP contribution in [0.25, 0.3) is 0 Å². The van der Waals surface area contributed by atoms with Crippen molar-refractivity contribution in [3.8, 4) is 11.8 Å². The summed E-state index contributed by atoms with van der Waals surface area (Å²) < 4.78 is 18.8. The Morgan fingerprint density at radius 2 is 2.29 bits per heavy atom. The topological polar surface area (TPSA) is 33.0 Å².